The summed E-state index contributed by atoms with van der Waals surface area (Å²) in [5, 5.41) is 1.72. The molecule has 0 bridgehead atoms. The summed E-state index contributed by atoms with van der Waals surface area (Å²) in [7, 11) is 0. The summed E-state index contributed by atoms with van der Waals surface area (Å²) < 4.78 is 7.84. The number of aromatic nitrogens is 2. The standard InChI is InChI=1S/C31H36N4O3/c1-2-3-8-25-23-27(11-12-28(25)30(32)36)38-22-7-20-34(26-13-16-33-17-14-26)18-6-19-35-21-15-24-9-4-5-10-29(24)31(35)37/h4-5,9-17,21,23H,2-3,6-8,18-20,22H2,1H3,(H2,32,36). The molecule has 1 amide bonds. The van der Waals surface area contributed by atoms with Crippen molar-refractivity contribution < 1.29 is 9.53 Å². The number of benzene rings is 2. The molecule has 0 atom stereocenters. The lowest BCUT2D eigenvalue weighted by Crippen LogP contribution is -2.29. The van der Waals surface area contributed by atoms with E-state index in [0.717, 1.165) is 73.0 Å². The van der Waals surface area contributed by atoms with Crippen LogP contribution in [0.1, 0.15) is 48.5 Å². The van der Waals surface area contributed by atoms with Gasteiger partial charge in [-0.05, 0) is 79.1 Å². The fourth-order valence-corrected chi connectivity index (χ4v) is 4.68. The molecule has 198 valence electrons. The predicted molar refractivity (Wildman–Crippen MR) is 153 cm³/mol. The summed E-state index contributed by atoms with van der Waals surface area (Å²) in [6, 6.07) is 19.2. The Morgan fingerprint density at radius 1 is 1.00 bits per heavy atom. The first-order chi connectivity index (χ1) is 18.6. The minimum Gasteiger partial charge on any atom is -0.494 e. The van der Waals surface area contributed by atoms with Crippen LogP contribution >= 0.6 is 0 Å². The Labute approximate surface area is 223 Å². The number of aryl methyl sites for hydroxylation is 2. The van der Waals surface area contributed by atoms with Crippen molar-refractivity contribution in [1.29, 1.82) is 0 Å². The van der Waals surface area contributed by atoms with Crippen molar-refractivity contribution in [2.24, 2.45) is 5.73 Å². The van der Waals surface area contributed by atoms with Crippen LogP contribution in [0.3, 0.4) is 0 Å². The molecule has 0 fully saturated rings. The van der Waals surface area contributed by atoms with E-state index in [1.54, 1.807) is 23.0 Å². The number of rotatable bonds is 14. The maximum Gasteiger partial charge on any atom is 0.258 e. The maximum absolute atomic E-state index is 12.9. The highest BCUT2D eigenvalue weighted by molar-refractivity contribution is 5.94. The summed E-state index contributed by atoms with van der Waals surface area (Å²) >= 11 is 0. The Kier molecular flexibility index (Phi) is 9.51. The van der Waals surface area contributed by atoms with Crippen molar-refractivity contribution in [3.05, 3.63) is 101 Å². The average molecular weight is 513 g/mol. The molecule has 0 spiro atoms. The number of hydrogen-bond acceptors (Lipinski definition) is 5. The Hall–Kier alpha value is -4.13. The number of nitrogens with zero attached hydrogens (tertiary/aromatic N) is 3. The SMILES string of the molecule is CCCCc1cc(OCCCN(CCCn2ccc3ccccc3c2=O)c2ccncc2)ccc1C(N)=O. The monoisotopic (exact) mass is 512 g/mol. The molecule has 2 N–H and O–H groups in total. The van der Waals surface area contributed by atoms with Crippen molar-refractivity contribution in [2.45, 2.75) is 45.6 Å². The highest BCUT2D eigenvalue weighted by atomic mass is 16.5. The molecule has 0 unspecified atom stereocenters. The van der Waals surface area contributed by atoms with Gasteiger partial charge in [0.1, 0.15) is 5.75 Å². The van der Waals surface area contributed by atoms with Crippen molar-refractivity contribution in [2.75, 3.05) is 24.6 Å². The molecular weight excluding hydrogens is 476 g/mol. The Morgan fingerprint density at radius 3 is 2.58 bits per heavy atom. The smallest absolute Gasteiger partial charge is 0.258 e. The van der Waals surface area contributed by atoms with Crippen LogP contribution in [0, 0.1) is 0 Å². The number of amides is 1. The predicted octanol–water partition coefficient (Wildman–Crippen LogP) is 5.20. The van der Waals surface area contributed by atoms with Gasteiger partial charge in [-0.15, -0.1) is 0 Å². The normalized spacial score (nSPS) is 11.0. The number of ether oxygens (including phenoxy) is 1. The lowest BCUT2D eigenvalue weighted by molar-refractivity contribution is 0.0999. The number of carbonyl (C=O) groups is 1. The van der Waals surface area contributed by atoms with Gasteiger partial charge in [-0.3, -0.25) is 14.6 Å². The van der Waals surface area contributed by atoms with E-state index >= 15 is 0 Å². The molecule has 7 nitrogen and oxygen atoms in total. The molecule has 0 aliphatic rings. The highest BCUT2D eigenvalue weighted by Gasteiger charge is 2.11. The Bertz CT molecular complexity index is 1400. The zero-order valence-electron chi connectivity index (χ0n) is 22.0. The lowest BCUT2D eigenvalue weighted by Gasteiger charge is -2.25. The van der Waals surface area contributed by atoms with E-state index in [9.17, 15) is 9.59 Å². The molecule has 2 heterocycles. The van der Waals surface area contributed by atoms with E-state index in [1.807, 2.05) is 60.8 Å². The van der Waals surface area contributed by atoms with Crippen LogP contribution in [0.15, 0.2) is 84.0 Å². The molecule has 0 saturated heterocycles. The number of anilines is 1. The van der Waals surface area contributed by atoms with Crippen LogP contribution in [0.25, 0.3) is 10.8 Å². The van der Waals surface area contributed by atoms with Gasteiger partial charge in [0, 0.05) is 54.9 Å². The molecule has 4 aromatic rings. The second kappa shape index (κ2) is 13.4. The van der Waals surface area contributed by atoms with Crippen molar-refractivity contribution in [3.63, 3.8) is 0 Å². The van der Waals surface area contributed by atoms with Gasteiger partial charge in [0.25, 0.3) is 5.56 Å². The van der Waals surface area contributed by atoms with Gasteiger partial charge in [0.2, 0.25) is 5.91 Å². The zero-order valence-corrected chi connectivity index (χ0v) is 22.0. The van der Waals surface area contributed by atoms with Gasteiger partial charge < -0.3 is 19.9 Å². The van der Waals surface area contributed by atoms with E-state index in [2.05, 4.69) is 16.8 Å². The van der Waals surface area contributed by atoms with Gasteiger partial charge in [-0.1, -0.05) is 31.5 Å². The first-order valence-electron chi connectivity index (χ1n) is 13.4. The van der Waals surface area contributed by atoms with E-state index in [1.165, 1.54) is 0 Å². The number of carbonyl (C=O) groups excluding carboxylic acids is 1. The molecular formula is C31H36N4O3. The lowest BCUT2D eigenvalue weighted by atomic mass is 10.0. The quantitative estimate of drug-likeness (QED) is 0.234. The maximum atomic E-state index is 12.9. The minimum absolute atomic E-state index is 0.0487. The van der Waals surface area contributed by atoms with Crippen LogP contribution in [0.2, 0.25) is 0 Å². The largest absolute Gasteiger partial charge is 0.494 e. The fraction of sp³-hybridized carbons (Fsp3) is 0.323. The van der Waals surface area contributed by atoms with E-state index in [-0.39, 0.29) is 5.56 Å². The summed E-state index contributed by atoms with van der Waals surface area (Å²) in [4.78, 5) is 31.1. The molecule has 2 aromatic carbocycles. The van der Waals surface area contributed by atoms with Gasteiger partial charge in [-0.2, -0.15) is 0 Å². The molecule has 0 radical (unpaired) electrons. The molecule has 4 rings (SSSR count). The van der Waals surface area contributed by atoms with Gasteiger partial charge in [0.05, 0.1) is 6.61 Å². The molecule has 0 saturated carbocycles. The van der Waals surface area contributed by atoms with E-state index in [4.69, 9.17) is 10.5 Å². The van der Waals surface area contributed by atoms with Gasteiger partial charge >= 0.3 is 0 Å². The second-order valence-electron chi connectivity index (χ2n) is 9.44. The third-order valence-corrected chi connectivity index (χ3v) is 6.72. The topological polar surface area (TPSA) is 90.4 Å². The van der Waals surface area contributed by atoms with Gasteiger partial charge in [0.15, 0.2) is 0 Å². The number of nitrogens with two attached hydrogens (primary N) is 1. The van der Waals surface area contributed by atoms with E-state index in [0.29, 0.717) is 18.7 Å². The fourth-order valence-electron chi connectivity index (χ4n) is 4.68. The van der Waals surface area contributed by atoms with Crippen LogP contribution < -0.4 is 20.9 Å². The molecule has 2 aromatic heterocycles. The Balaban J connectivity index is 1.34. The van der Waals surface area contributed by atoms with Crippen LogP contribution in [-0.4, -0.2) is 35.2 Å². The summed E-state index contributed by atoms with van der Waals surface area (Å²) in [5.41, 5.74) is 8.21. The minimum atomic E-state index is -0.401. The van der Waals surface area contributed by atoms with E-state index < -0.39 is 5.91 Å². The number of hydrogen-bond donors (Lipinski definition) is 1. The number of pyridine rings is 2. The zero-order chi connectivity index (χ0) is 26.7. The van der Waals surface area contributed by atoms with Crippen molar-refractivity contribution in [3.8, 4) is 5.75 Å². The molecule has 38 heavy (non-hydrogen) atoms. The summed E-state index contributed by atoms with van der Waals surface area (Å²) in [5.74, 6) is 0.355. The third-order valence-electron chi connectivity index (χ3n) is 6.72. The van der Waals surface area contributed by atoms with Crippen LogP contribution in [0.5, 0.6) is 5.75 Å². The number of fused-ring (bicyclic) bond motifs is 1. The summed E-state index contributed by atoms with van der Waals surface area (Å²) in [6.45, 7) is 4.93. The third kappa shape index (κ3) is 7.00. The first kappa shape index (κ1) is 26.9. The van der Waals surface area contributed by atoms with Crippen LogP contribution in [0.4, 0.5) is 5.69 Å². The molecule has 0 aliphatic carbocycles. The van der Waals surface area contributed by atoms with Crippen molar-refractivity contribution in [1.82, 2.24) is 9.55 Å². The average Bonchev–Trinajstić information content (AvgIpc) is 2.94. The molecule has 0 aliphatic heterocycles. The highest BCUT2D eigenvalue weighted by Crippen LogP contribution is 2.21. The summed E-state index contributed by atoms with van der Waals surface area (Å²) in [6.07, 6.45) is 9.97. The number of unbranched alkanes of at least 4 members (excludes halogenated alkanes) is 1. The first-order valence-corrected chi connectivity index (χ1v) is 13.4. The molecule has 7 heteroatoms. The van der Waals surface area contributed by atoms with Crippen LogP contribution in [-0.2, 0) is 13.0 Å². The van der Waals surface area contributed by atoms with Crippen molar-refractivity contribution >= 4 is 22.4 Å². The number of primary amides is 1. The second-order valence-corrected chi connectivity index (χ2v) is 9.44. The Morgan fingerprint density at radius 2 is 1.79 bits per heavy atom. The van der Waals surface area contributed by atoms with Gasteiger partial charge in [-0.25, -0.2) is 0 Å².